The number of rotatable bonds is 8. The number of unbranched alkanes of at least 4 members (excludes halogenated alkanes) is 1. The van der Waals surface area contributed by atoms with Gasteiger partial charge < -0.3 is 10.2 Å². The monoisotopic (exact) mass is 568 g/mol. The van der Waals surface area contributed by atoms with Crippen LogP contribution in [-0.2, 0) is 35.7 Å². The zero-order chi connectivity index (χ0) is 22.0. The van der Waals surface area contributed by atoms with Gasteiger partial charge in [0.05, 0.1) is 0 Å². The SMILES string of the molecule is C=CCc1ccccc1[O-].C=CCc1ccccc1[O-].CCC[CH2][Hf+2][C]1=CC=CC1. The quantitative estimate of drug-likeness (QED) is 0.220. The molecule has 0 radical (unpaired) electrons. The molecule has 30 heavy (non-hydrogen) atoms. The average molecular weight is 567 g/mol. The van der Waals surface area contributed by atoms with Gasteiger partial charge in [0.2, 0.25) is 0 Å². The zero-order valence-corrected chi connectivity index (χ0v) is 21.6. The molecule has 0 aliphatic heterocycles. The van der Waals surface area contributed by atoms with E-state index in [0.717, 1.165) is 11.1 Å². The van der Waals surface area contributed by atoms with E-state index < -0.39 is 0 Å². The van der Waals surface area contributed by atoms with Crippen LogP contribution in [0.2, 0.25) is 4.18 Å². The topological polar surface area (TPSA) is 46.1 Å². The molecule has 0 unspecified atom stereocenters. The Bertz CT molecular complexity index is 770. The van der Waals surface area contributed by atoms with Crippen LogP contribution in [0.1, 0.15) is 37.3 Å². The number of benzene rings is 2. The summed E-state index contributed by atoms with van der Waals surface area (Å²) in [5, 5.41) is 21.9. The van der Waals surface area contributed by atoms with Crippen LogP contribution < -0.4 is 10.2 Å². The van der Waals surface area contributed by atoms with Crippen LogP contribution in [-0.4, -0.2) is 0 Å². The minimum atomic E-state index is -0.283. The van der Waals surface area contributed by atoms with Gasteiger partial charge >= 0.3 is 74.8 Å². The fourth-order valence-corrected chi connectivity index (χ4v) is 7.43. The molecule has 3 heteroatoms. The molecule has 156 valence electrons. The van der Waals surface area contributed by atoms with Crippen LogP contribution in [0.5, 0.6) is 11.5 Å². The van der Waals surface area contributed by atoms with Gasteiger partial charge in [-0.25, -0.2) is 0 Å². The number of hydrogen-bond donors (Lipinski definition) is 0. The summed E-state index contributed by atoms with van der Waals surface area (Å²) in [5.41, 5.74) is 1.63. The van der Waals surface area contributed by atoms with Crippen molar-refractivity contribution in [3.05, 3.63) is 107 Å². The van der Waals surface area contributed by atoms with Crippen molar-refractivity contribution in [2.24, 2.45) is 0 Å². The van der Waals surface area contributed by atoms with E-state index in [0.29, 0.717) is 12.8 Å². The molecule has 1 aliphatic rings. The molecule has 2 nitrogen and oxygen atoms in total. The maximum absolute atomic E-state index is 11.0. The van der Waals surface area contributed by atoms with Crippen molar-refractivity contribution in [3.63, 3.8) is 0 Å². The molecule has 0 amide bonds. The van der Waals surface area contributed by atoms with Crippen molar-refractivity contribution in [2.45, 2.75) is 43.2 Å². The summed E-state index contributed by atoms with van der Waals surface area (Å²) >= 11 is -0.283. The Hall–Kier alpha value is -2.13. The Balaban J connectivity index is 0.000000225. The summed E-state index contributed by atoms with van der Waals surface area (Å²) < 4.78 is 3.39. The molecule has 0 spiro atoms. The van der Waals surface area contributed by atoms with E-state index in [2.05, 4.69) is 38.3 Å². The van der Waals surface area contributed by atoms with E-state index in [9.17, 15) is 10.2 Å². The summed E-state index contributed by atoms with van der Waals surface area (Å²) in [6.45, 7) is 9.40. The van der Waals surface area contributed by atoms with E-state index in [4.69, 9.17) is 0 Å². The normalized spacial score (nSPS) is 11.2. The van der Waals surface area contributed by atoms with E-state index in [-0.39, 0.29) is 34.4 Å². The average Bonchev–Trinajstić information content (AvgIpc) is 3.27. The third-order valence-corrected chi connectivity index (χ3v) is 9.46. The molecule has 0 aromatic heterocycles. The summed E-state index contributed by atoms with van der Waals surface area (Å²) in [5.74, 6) is 0.199. The zero-order valence-electron chi connectivity index (χ0n) is 18.0. The van der Waals surface area contributed by atoms with E-state index in [1.807, 2.05) is 27.6 Å². The standard InChI is InChI=1S/2C9H10O.C5H5.C4H9.Hf/c2*1-2-5-8-6-3-4-7-9(8)10;1-2-4-5-3-1;1-3-4-2;/h2*2-4,6-7,10H,1,5H2;1-3H,4H2;1,3-4H2,2H3;/q;;;;+2/p-2. The van der Waals surface area contributed by atoms with Crippen molar-refractivity contribution < 1.29 is 33.1 Å². The van der Waals surface area contributed by atoms with E-state index in [1.54, 1.807) is 40.6 Å². The Kier molecular flexibility index (Phi) is 14.4. The molecule has 2 aromatic rings. The van der Waals surface area contributed by atoms with Crippen molar-refractivity contribution in [1.29, 1.82) is 0 Å². The van der Waals surface area contributed by atoms with Gasteiger partial charge in [0, 0.05) is 0 Å². The molecule has 3 rings (SSSR count). The van der Waals surface area contributed by atoms with Crippen LogP contribution in [0.4, 0.5) is 0 Å². The van der Waals surface area contributed by atoms with E-state index >= 15 is 0 Å². The van der Waals surface area contributed by atoms with Gasteiger partial charge in [-0.15, -0.1) is 24.7 Å². The van der Waals surface area contributed by atoms with Crippen molar-refractivity contribution >= 4 is 0 Å². The first-order chi connectivity index (χ1) is 14.6. The molecule has 0 N–H and O–H groups in total. The molecule has 0 saturated heterocycles. The first kappa shape index (κ1) is 25.9. The van der Waals surface area contributed by atoms with E-state index in [1.165, 1.54) is 19.3 Å². The fourth-order valence-electron chi connectivity index (χ4n) is 2.66. The van der Waals surface area contributed by atoms with Gasteiger partial charge in [0.1, 0.15) is 0 Å². The molecule has 2 aromatic carbocycles. The van der Waals surface area contributed by atoms with Gasteiger partial charge in [-0.05, 0) is 12.8 Å². The molecule has 0 fully saturated rings. The number of hydrogen-bond acceptors (Lipinski definition) is 2. The maximum atomic E-state index is 11.0. The van der Waals surface area contributed by atoms with Crippen molar-refractivity contribution in [3.8, 4) is 11.5 Å². The summed E-state index contributed by atoms with van der Waals surface area (Å²) in [7, 11) is 0. The Morgan fingerprint density at radius 2 is 1.43 bits per heavy atom. The first-order valence-electron chi connectivity index (χ1n) is 10.4. The first-order valence-corrected chi connectivity index (χ1v) is 14.8. The fraction of sp³-hybridized carbons (Fsp3) is 0.259. The molecule has 0 saturated carbocycles. The molecule has 0 bridgehead atoms. The van der Waals surface area contributed by atoms with Crippen molar-refractivity contribution in [1.82, 2.24) is 0 Å². The molecular weight excluding hydrogens is 535 g/mol. The second-order valence-electron chi connectivity index (χ2n) is 6.81. The van der Waals surface area contributed by atoms with Crippen LogP contribution in [0.15, 0.2) is 95.4 Å². The number of para-hydroxylation sites is 2. The van der Waals surface area contributed by atoms with Crippen molar-refractivity contribution in [2.75, 3.05) is 0 Å². The van der Waals surface area contributed by atoms with Crippen LogP contribution in [0.25, 0.3) is 0 Å². The van der Waals surface area contributed by atoms with Crippen LogP contribution >= 0.6 is 0 Å². The predicted octanol–water partition coefficient (Wildman–Crippen LogP) is 6.11. The van der Waals surface area contributed by atoms with Gasteiger partial charge in [-0.1, -0.05) is 71.8 Å². The van der Waals surface area contributed by atoms with Gasteiger partial charge in [0.25, 0.3) is 0 Å². The molecular formula is C27H32HfO2. The number of allylic oxidation sites excluding steroid dienone is 6. The summed E-state index contributed by atoms with van der Waals surface area (Å²) in [4.78, 5) is 0. The third-order valence-electron chi connectivity index (χ3n) is 4.33. The molecule has 1 aliphatic carbocycles. The summed E-state index contributed by atoms with van der Waals surface area (Å²) in [6.07, 6.45) is 15.8. The van der Waals surface area contributed by atoms with Crippen LogP contribution in [0, 0.1) is 0 Å². The Labute approximate surface area is 193 Å². The Morgan fingerprint density at radius 3 is 1.83 bits per heavy atom. The predicted molar refractivity (Wildman–Crippen MR) is 121 cm³/mol. The molecule has 0 atom stereocenters. The Morgan fingerprint density at radius 1 is 0.900 bits per heavy atom. The minimum absolute atomic E-state index is 0.0994. The molecule has 0 heterocycles. The van der Waals surface area contributed by atoms with Gasteiger partial charge in [-0.3, -0.25) is 0 Å². The van der Waals surface area contributed by atoms with Crippen LogP contribution in [0.3, 0.4) is 0 Å². The second kappa shape index (κ2) is 16.6. The van der Waals surface area contributed by atoms with Gasteiger partial charge in [-0.2, -0.15) is 0 Å². The third kappa shape index (κ3) is 11.2. The summed E-state index contributed by atoms with van der Waals surface area (Å²) in [6, 6.07) is 14.0. The van der Waals surface area contributed by atoms with Gasteiger partial charge in [0.15, 0.2) is 0 Å². The second-order valence-corrected chi connectivity index (χ2v) is 12.2.